The third kappa shape index (κ3) is 3.56. The number of hydrogen-bond acceptors (Lipinski definition) is 3. The topological polar surface area (TPSA) is 40.5 Å². The molecule has 0 spiro atoms. The van der Waals surface area contributed by atoms with Gasteiger partial charge >= 0.3 is 0 Å². The Bertz CT molecular complexity index is 238. The van der Waals surface area contributed by atoms with Gasteiger partial charge in [-0.3, -0.25) is 4.79 Å². The smallest absolute Gasteiger partial charge is 0.133 e. The molecule has 0 bridgehead atoms. The third-order valence-electron chi connectivity index (χ3n) is 3.95. The number of nitrogens with zero attached hydrogens (tertiary/aromatic N) is 1. The molecule has 0 saturated heterocycles. The number of hydrogen-bond donors (Lipinski definition) is 1. The molecule has 1 N–H and O–H groups in total. The summed E-state index contributed by atoms with van der Waals surface area (Å²) in [6.07, 6.45) is 3.31. The van der Waals surface area contributed by atoms with Crippen molar-refractivity contribution in [1.82, 2.24) is 4.90 Å². The molecule has 0 radical (unpaired) electrons. The highest BCUT2D eigenvalue weighted by Crippen LogP contribution is 2.23. The maximum atomic E-state index is 11.2. The van der Waals surface area contributed by atoms with Crippen molar-refractivity contribution in [3.8, 4) is 0 Å². The van der Waals surface area contributed by atoms with Gasteiger partial charge < -0.3 is 10.0 Å². The van der Waals surface area contributed by atoms with Crippen LogP contribution in [0.4, 0.5) is 0 Å². The van der Waals surface area contributed by atoms with Gasteiger partial charge in [0.2, 0.25) is 0 Å². The zero-order valence-corrected chi connectivity index (χ0v) is 11.0. The largest absolute Gasteiger partial charge is 0.389 e. The van der Waals surface area contributed by atoms with E-state index in [1.807, 2.05) is 20.8 Å². The molecule has 16 heavy (non-hydrogen) atoms. The van der Waals surface area contributed by atoms with Crippen LogP contribution in [0.25, 0.3) is 0 Å². The first kappa shape index (κ1) is 13.7. The highest BCUT2D eigenvalue weighted by atomic mass is 16.3. The molecule has 3 heteroatoms. The van der Waals surface area contributed by atoms with Gasteiger partial charge in [0.05, 0.1) is 5.60 Å². The van der Waals surface area contributed by atoms with Crippen LogP contribution in [0.1, 0.15) is 46.5 Å². The minimum absolute atomic E-state index is 0.250. The number of Topliss-reactive ketones (excluding diaryl/α,β-unsaturated/α-hetero) is 1. The van der Waals surface area contributed by atoms with Crippen molar-refractivity contribution in [2.75, 3.05) is 13.6 Å². The molecule has 1 aliphatic carbocycles. The summed E-state index contributed by atoms with van der Waals surface area (Å²) < 4.78 is 0. The standard InChI is InChI=1S/C13H25NO2/c1-10(2)13(3,16)9-14(4)11-5-7-12(15)8-6-11/h10-11,16H,5-9H2,1-4H3. The van der Waals surface area contributed by atoms with Crippen LogP contribution < -0.4 is 0 Å². The van der Waals surface area contributed by atoms with Crippen LogP contribution in [0.2, 0.25) is 0 Å². The summed E-state index contributed by atoms with van der Waals surface area (Å²) in [4.78, 5) is 13.4. The van der Waals surface area contributed by atoms with Crippen molar-refractivity contribution in [1.29, 1.82) is 0 Å². The SMILES string of the molecule is CC(C)C(C)(O)CN(C)C1CCC(=O)CC1. The molecular formula is C13H25NO2. The molecule has 1 saturated carbocycles. The highest BCUT2D eigenvalue weighted by molar-refractivity contribution is 5.79. The maximum Gasteiger partial charge on any atom is 0.133 e. The summed E-state index contributed by atoms with van der Waals surface area (Å²) >= 11 is 0. The number of ketones is 1. The Labute approximate surface area is 98.8 Å². The van der Waals surface area contributed by atoms with E-state index >= 15 is 0 Å². The number of carbonyl (C=O) groups excluding carboxylic acids is 1. The van der Waals surface area contributed by atoms with E-state index in [0.29, 0.717) is 31.2 Å². The predicted octanol–water partition coefficient (Wildman–Crippen LogP) is 1.84. The second-order valence-corrected chi connectivity index (χ2v) is 5.70. The average molecular weight is 227 g/mol. The Hall–Kier alpha value is -0.410. The number of rotatable bonds is 4. The van der Waals surface area contributed by atoms with Crippen LogP contribution in [0.15, 0.2) is 0 Å². The van der Waals surface area contributed by atoms with Crippen molar-refractivity contribution in [3.63, 3.8) is 0 Å². The van der Waals surface area contributed by atoms with Crippen molar-refractivity contribution in [2.45, 2.75) is 58.1 Å². The molecule has 0 aliphatic heterocycles. The Morgan fingerprint density at radius 1 is 1.44 bits per heavy atom. The fraction of sp³-hybridized carbons (Fsp3) is 0.923. The molecular weight excluding hydrogens is 202 g/mol. The van der Waals surface area contributed by atoms with Gasteiger partial charge in [-0.15, -0.1) is 0 Å². The maximum absolute atomic E-state index is 11.2. The van der Waals surface area contributed by atoms with E-state index in [0.717, 1.165) is 12.8 Å². The van der Waals surface area contributed by atoms with Gasteiger partial charge in [0.15, 0.2) is 0 Å². The second-order valence-electron chi connectivity index (χ2n) is 5.70. The monoisotopic (exact) mass is 227 g/mol. The summed E-state index contributed by atoms with van der Waals surface area (Å²) in [5.74, 6) is 0.639. The second kappa shape index (κ2) is 5.28. The van der Waals surface area contributed by atoms with Crippen molar-refractivity contribution >= 4 is 5.78 Å². The Balaban J connectivity index is 2.46. The normalized spacial score (nSPS) is 22.8. The molecule has 1 aliphatic rings. The number of aliphatic hydroxyl groups is 1. The minimum atomic E-state index is -0.643. The summed E-state index contributed by atoms with van der Waals surface area (Å²) in [6, 6.07) is 0.461. The number of carbonyl (C=O) groups is 1. The Kier molecular flexibility index (Phi) is 4.51. The lowest BCUT2D eigenvalue weighted by atomic mass is 9.89. The Morgan fingerprint density at radius 2 is 1.94 bits per heavy atom. The molecule has 0 heterocycles. The van der Waals surface area contributed by atoms with Crippen molar-refractivity contribution in [2.24, 2.45) is 5.92 Å². The molecule has 94 valence electrons. The first-order chi connectivity index (χ1) is 7.33. The summed E-state index contributed by atoms with van der Waals surface area (Å²) in [5, 5.41) is 10.2. The molecule has 0 amide bonds. The zero-order chi connectivity index (χ0) is 12.3. The van der Waals surface area contributed by atoms with E-state index in [2.05, 4.69) is 11.9 Å². The van der Waals surface area contributed by atoms with E-state index in [-0.39, 0.29) is 5.92 Å². The van der Waals surface area contributed by atoms with E-state index in [1.54, 1.807) is 0 Å². The minimum Gasteiger partial charge on any atom is -0.389 e. The van der Waals surface area contributed by atoms with E-state index in [1.165, 1.54) is 0 Å². The molecule has 1 atom stereocenters. The van der Waals surface area contributed by atoms with Gasteiger partial charge in [0, 0.05) is 25.4 Å². The lowest BCUT2D eigenvalue weighted by molar-refractivity contribution is -0.121. The van der Waals surface area contributed by atoms with Gasteiger partial charge in [-0.05, 0) is 32.7 Å². The molecule has 0 aromatic rings. The van der Waals surface area contributed by atoms with E-state index in [9.17, 15) is 9.90 Å². The summed E-state index contributed by atoms with van der Waals surface area (Å²) in [6.45, 7) is 6.65. The fourth-order valence-electron chi connectivity index (χ4n) is 2.18. The van der Waals surface area contributed by atoms with Crippen LogP contribution >= 0.6 is 0 Å². The van der Waals surface area contributed by atoms with Gasteiger partial charge in [-0.1, -0.05) is 13.8 Å². The third-order valence-corrected chi connectivity index (χ3v) is 3.95. The molecule has 3 nitrogen and oxygen atoms in total. The summed E-state index contributed by atoms with van der Waals surface area (Å²) in [5.41, 5.74) is -0.643. The van der Waals surface area contributed by atoms with E-state index in [4.69, 9.17) is 0 Å². The molecule has 0 aromatic carbocycles. The molecule has 0 aromatic heterocycles. The highest BCUT2D eigenvalue weighted by Gasteiger charge is 2.30. The first-order valence-electron chi connectivity index (χ1n) is 6.27. The molecule has 1 fully saturated rings. The van der Waals surface area contributed by atoms with E-state index < -0.39 is 5.60 Å². The van der Waals surface area contributed by atoms with Crippen LogP contribution in [0, 0.1) is 5.92 Å². The lowest BCUT2D eigenvalue weighted by Gasteiger charge is -2.37. The average Bonchev–Trinajstić information content (AvgIpc) is 2.17. The van der Waals surface area contributed by atoms with Crippen LogP contribution in [-0.2, 0) is 4.79 Å². The van der Waals surface area contributed by atoms with Crippen molar-refractivity contribution in [3.05, 3.63) is 0 Å². The predicted molar refractivity (Wildman–Crippen MR) is 65.4 cm³/mol. The Morgan fingerprint density at radius 3 is 2.38 bits per heavy atom. The van der Waals surface area contributed by atoms with Gasteiger partial charge in [-0.2, -0.15) is 0 Å². The quantitative estimate of drug-likeness (QED) is 0.796. The summed E-state index contributed by atoms with van der Waals surface area (Å²) in [7, 11) is 2.05. The zero-order valence-electron chi connectivity index (χ0n) is 11.0. The fourth-order valence-corrected chi connectivity index (χ4v) is 2.18. The van der Waals surface area contributed by atoms with Crippen LogP contribution in [-0.4, -0.2) is 41.0 Å². The van der Waals surface area contributed by atoms with Gasteiger partial charge in [0.25, 0.3) is 0 Å². The van der Waals surface area contributed by atoms with Crippen LogP contribution in [0.3, 0.4) is 0 Å². The molecule has 1 unspecified atom stereocenters. The van der Waals surface area contributed by atoms with Crippen LogP contribution in [0.5, 0.6) is 0 Å². The van der Waals surface area contributed by atoms with Gasteiger partial charge in [-0.25, -0.2) is 0 Å². The van der Waals surface area contributed by atoms with Crippen molar-refractivity contribution < 1.29 is 9.90 Å². The molecule has 1 rings (SSSR count). The first-order valence-corrected chi connectivity index (χ1v) is 6.27. The lowest BCUT2D eigenvalue weighted by Crippen LogP contribution is -2.47. The van der Waals surface area contributed by atoms with Gasteiger partial charge in [0.1, 0.15) is 5.78 Å². The number of likely N-dealkylation sites (N-methyl/N-ethyl adjacent to an activating group) is 1.